The zero-order valence-corrected chi connectivity index (χ0v) is 17.1. The van der Waals surface area contributed by atoms with Crippen LogP contribution in [0.3, 0.4) is 0 Å². The highest BCUT2D eigenvalue weighted by molar-refractivity contribution is 6.30. The number of ether oxygens (including phenoxy) is 1. The molecule has 1 saturated heterocycles. The number of carbonyl (C=O) groups is 1. The van der Waals surface area contributed by atoms with Gasteiger partial charge in [0, 0.05) is 35.5 Å². The monoisotopic (exact) mass is 418 g/mol. The van der Waals surface area contributed by atoms with Crippen molar-refractivity contribution in [3.05, 3.63) is 63.2 Å². The van der Waals surface area contributed by atoms with Gasteiger partial charge in [0.1, 0.15) is 5.75 Å². The van der Waals surface area contributed by atoms with Gasteiger partial charge in [-0.3, -0.25) is 14.9 Å². The van der Waals surface area contributed by atoms with Gasteiger partial charge in [0.15, 0.2) is 0 Å². The molecule has 2 N–H and O–H groups in total. The van der Waals surface area contributed by atoms with E-state index < -0.39 is 4.92 Å². The number of benzene rings is 2. The molecule has 1 amide bonds. The standard InChI is InChI=1S/C21H24ClN3O4/c1-2-11-24-12-9-17(10-13-24)23-21(26)15-3-6-18(7-4-15)29-20-8-5-16(22)14-19(20)25(27)28/h3-8,14,17H,2,9-13H2,1H3,(H,23,26)/p+1. The molecule has 0 bridgehead atoms. The molecular formula is C21H25ClN3O4+. The number of nitro benzene ring substituents is 1. The molecule has 0 aromatic heterocycles. The second kappa shape index (κ2) is 9.71. The molecule has 1 fully saturated rings. The molecule has 0 aliphatic carbocycles. The summed E-state index contributed by atoms with van der Waals surface area (Å²) >= 11 is 5.82. The van der Waals surface area contributed by atoms with Crippen LogP contribution in [0.15, 0.2) is 42.5 Å². The predicted octanol–water partition coefficient (Wildman–Crippen LogP) is 3.23. The first-order valence-corrected chi connectivity index (χ1v) is 10.2. The van der Waals surface area contributed by atoms with Crippen LogP contribution >= 0.6 is 11.6 Å². The second-order valence-electron chi connectivity index (χ2n) is 7.24. The number of halogens is 1. The number of nitro groups is 1. The van der Waals surface area contributed by atoms with Crippen LogP contribution in [-0.4, -0.2) is 36.5 Å². The van der Waals surface area contributed by atoms with Crippen LogP contribution in [0.5, 0.6) is 11.5 Å². The molecule has 2 aromatic carbocycles. The van der Waals surface area contributed by atoms with Crippen LogP contribution in [0.2, 0.25) is 5.02 Å². The van der Waals surface area contributed by atoms with Gasteiger partial charge in [-0.2, -0.15) is 0 Å². The first kappa shape index (κ1) is 21.1. The van der Waals surface area contributed by atoms with E-state index in [1.165, 1.54) is 31.2 Å². The van der Waals surface area contributed by atoms with E-state index in [1.807, 2.05) is 0 Å². The molecule has 1 heterocycles. The van der Waals surface area contributed by atoms with Gasteiger partial charge in [0.25, 0.3) is 5.91 Å². The molecule has 8 heteroatoms. The van der Waals surface area contributed by atoms with Crippen molar-refractivity contribution >= 4 is 23.2 Å². The van der Waals surface area contributed by atoms with Crippen molar-refractivity contribution in [2.24, 2.45) is 0 Å². The number of likely N-dealkylation sites (tertiary alicyclic amines) is 1. The molecule has 2 aromatic rings. The zero-order valence-electron chi connectivity index (χ0n) is 16.3. The van der Waals surface area contributed by atoms with E-state index in [0.29, 0.717) is 11.3 Å². The van der Waals surface area contributed by atoms with Crippen molar-refractivity contribution in [1.82, 2.24) is 5.32 Å². The Bertz CT molecular complexity index is 865. The SMILES string of the molecule is CCC[NH+]1CCC(NC(=O)c2ccc(Oc3ccc(Cl)cc3[N+](=O)[O-])cc2)CC1. The van der Waals surface area contributed by atoms with Crippen molar-refractivity contribution in [2.75, 3.05) is 19.6 Å². The summed E-state index contributed by atoms with van der Waals surface area (Å²) in [6.07, 6.45) is 3.16. The second-order valence-corrected chi connectivity index (χ2v) is 7.68. The fraction of sp³-hybridized carbons (Fsp3) is 0.381. The van der Waals surface area contributed by atoms with E-state index in [2.05, 4.69) is 12.2 Å². The minimum absolute atomic E-state index is 0.0953. The van der Waals surface area contributed by atoms with Crippen LogP contribution < -0.4 is 15.0 Å². The maximum absolute atomic E-state index is 12.5. The maximum atomic E-state index is 12.5. The Morgan fingerprint density at radius 3 is 2.55 bits per heavy atom. The Kier molecular flexibility index (Phi) is 7.06. The molecule has 29 heavy (non-hydrogen) atoms. The fourth-order valence-corrected chi connectivity index (χ4v) is 3.73. The molecule has 0 saturated carbocycles. The normalized spacial score (nSPS) is 18.8. The lowest BCUT2D eigenvalue weighted by Gasteiger charge is -2.29. The lowest BCUT2D eigenvalue weighted by Crippen LogP contribution is -3.13. The molecule has 0 atom stereocenters. The summed E-state index contributed by atoms with van der Waals surface area (Å²) in [6, 6.07) is 11.0. The maximum Gasteiger partial charge on any atom is 0.313 e. The Morgan fingerprint density at radius 1 is 1.24 bits per heavy atom. The van der Waals surface area contributed by atoms with E-state index in [9.17, 15) is 14.9 Å². The van der Waals surface area contributed by atoms with Gasteiger partial charge >= 0.3 is 5.69 Å². The number of rotatable bonds is 7. The third-order valence-corrected chi connectivity index (χ3v) is 5.33. The molecule has 0 unspecified atom stereocenters. The molecule has 0 spiro atoms. The summed E-state index contributed by atoms with van der Waals surface area (Å²) < 4.78 is 5.61. The number of piperidine rings is 1. The summed E-state index contributed by atoms with van der Waals surface area (Å²) in [6.45, 7) is 5.56. The van der Waals surface area contributed by atoms with E-state index in [1.54, 1.807) is 29.2 Å². The first-order valence-electron chi connectivity index (χ1n) is 9.82. The smallest absolute Gasteiger partial charge is 0.313 e. The van der Waals surface area contributed by atoms with E-state index >= 15 is 0 Å². The van der Waals surface area contributed by atoms with Crippen molar-refractivity contribution in [3.63, 3.8) is 0 Å². The van der Waals surface area contributed by atoms with Gasteiger partial charge in [-0.25, -0.2) is 0 Å². The minimum atomic E-state index is -0.545. The topological polar surface area (TPSA) is 85.9 Å². The van der Waals surface area contributed by atoms with Crippen LogP contribution in [-0.2, 0) is 0 Å². The van der Waals surface area contributed by atoms with Gasteiger partial charge in [-0.05, 0) is 42.8 Å². The predicted molar refractivity (Wildman–Crippen MR) is 111 cm³/mol. The van der Waals surface area contributed by atoms with Gasteiger partial charge in [0.2, 0.25) is 5.75 Å². The lowest BCUT2D eigenvalue weighted by atomic mass is 10.0. The molecular weight excluding hydrogens is 394 g/mol. The van der Waals surface area contributed by atoms with Crippen LogP contribution in [0.4, 0.5) is 5.69 Å². The van der Waals surface area contributed by atoms with Gasteiger partial charge < -0.3 is 15.0 Å². The Balaban J connectivity index is 1.59. The van der Waals surface area contributed by atoms with Crippen molar-refractivity contribution in [3.8, 4) is 11.5 Å². The summed E-state index contributed by atoms with van der Waals surface area (Å²) in [7, 11) is 0. The molecule has 1 aliphatic heterocycles. The Hall–Kier alpha value is -2.64. The van der Waals surface area contributed by atoms with Crippen LogP contribution in [0, 0.1) is 10.1 Å². The van der Waals surface area contributed by atoms with Crippen molar-refractivity contribution < 1.29 is 19.4 Å². The van der Waals surface area contributed by atoms with E-state index in [0.717, 1.165) is 25.9 Å². The number of nitrogens with zero attached hydrogens (tertiary/aromatic N) is 1. The molecule has 0 radical (unpaired) electrons. The van der Waals surface area contributed by atoms with Crippen LogP contribution in [0.1, 0.15) is 36.5 Å². The average molecular weight is 419 g/mol. The number of carbonyl (C=O) groups excluding carboxylic acids is 1. The van der Waals surface area contributed by atoms with Gasteiger partial charge in [0.05, 0.1) is 24.6 Å². The molecule has 7 nitrogen and oxygen atoms in total. The summed E-state index contributed by atoms with van der Waals surface area (Å²) in [5, 5.41) is 14.5. The highest BCUT2D eigenvalue weighted by Gasteiger charge is 2.23. The largest absolute Gasteiger partial charge is 0.450 e. The van der Waals surface area contributed by atoms with E-state index in [4.69, 9.17) is 16.3 Å². The van der Waals surface area contributed by atoms with Crippen molar-refractivity contribution in [1.29, 1.82) is 0 Å². The summed E-state index contributed by atoms with van der Waals surface area (Å²) in [4.78, 5) is 24.7. The first-order chi connectivity index (χ1) is 14.0. The average Bonchev–Trinajstić information content (AvgIpc) is 2.71. The fourth-order valence-electron chi connectivity index (χ4n) is 3.56. The number of nitrogens with one attached hydrogen (secondary N) is 2. The summed E-state index contributed by atoms with van der Waals surface area (Å²) in [5.41, 5.74) is 0.321. The highest BCUT2D eigenvalue weighted by Crippen LogP contribution is 2.33. The van der Waals surface area contributed by atoms with Gasteiger partial charge in [-0.1, -0.05) is 18.5 Å². The molecule has 3 rings (SSSR count). The number of quaternary nitrogens is 1. The third kappa shape index (κ3) is 5.68. The lowest BCUT2D eigenvalue weighted by molar-refractivity contribution is -0.905. The third-order valence-electron chi connectivity index (χ3n) is 5.09. The van der Waals surface area contributed by atoms with Gasteiger partial charge in [-0.15, -0.1) is 0 Å². The highest BCUT2D eigenvalue weighted by atomic mass is 35.5. The number of amides is 1. The minimum Gasteiger partial charge on any atom is -0.450 e. The number of hydrogen-bond donors (Lipinski definition) is 2. The quantitative estimate of drug-likeness (QED) is 0.534. The Morgan fingerprint density at radius 2 is 1.93 bits per heavy atom. The summed E-state index contributed by atoms with van der Waals surface area (Å²) in [5.74, 6) is 0.388. The van der Waals surface area contributed by atoms with Crippen LogP contribution in [0.25, 0.3) is 0 Å². The van der Waals surface area contributed by atoms with Crippen molar-refractivity contribution in [2.45, 2.75) is 32.2 Å². The Labute approximate surface area is 174 Å². The van der Waals surface area contributed by atoms with E-state index in [-0.39, 0.29) is 28.4 Å². The molecule has 154 valence electrons. The number of hydrogen-bond acceptors (Lipinski definition) is 4. The zero-order chi connectivity index (χ0) is 20.8. The molecule has 1 aliphatic rings.